The molecule has 0 radical (unpaired) electrons. The molecule has 1 fully saturated rings. The first-order valence-electron chi connectivity index (χ1n) is 7.42. The lowest BCUT2D eigenvalue weighted by Gasteiger charge is -2.41. The predicted octanol–water partition coefficient (Wildman–Crippen LogP) is -2.40. The van der Waals surface area contributed by atoms with Crippen molar-refractivity contribution in [3.63, 3.8) is 0 Å². The van der Waals surface area contributed by atoms with Crippen molar-refractivity contribution in [1.82, 2.24) is 0 Å². The molecule has 1 saturated heterocycles. The van der Waals surface area contributed by atoms with Crippen molar-refractivity contribution in [2.75, 3.05) is 13.2 Å². The summed E-state index contributed by atoms with van der Waals surface area (Å²) in [5.41, 5.74) is 0.381. The summed E-state index contributed by atoms with van der Waals surface area (Å²) < 4.78 is 10.7. The highest BCUT2D eigenvalue weighted by Gasteiger charge is 2.45. The molecule has 0 saturated carbocycles. The van der Waals surface area contributed by atoms with Gasteiger partial charge in [0.25, 0.3) is 0 Å². The lowest BCUT2D eigenvalue weighted by Crippen LogP contribution is -2.59. The van der Waals surface area contributed by atoms with Gasteiger partial charge in [-0.05, 0) is 17.7 Å². The SMILES string of the molecule is OC[C@H](O)[C@H](O[C@@H]1O[C@H](CO)[C@@H](O)[C@@H](O)[C@H]1O)c1ccc(O)cc1. The summed E-state index contributed by atoms with van der Waals surface area (Å²) >= 11 is 0. The van der Waals surface area contributed by atoms with E-state index in [-0.39, 0.29) is 5.75 Å². The first kappa shape index (κ1) is 19.0. The van der Waals surface area contributed by atoms with Crippen LogP contribution in [0.1, 0.15) is 11.7 Å². The average Bonchev–Trinajstić information content (AvgIpc) is 2.59. The van der Waals surface area contributed by atoms with Crippen molar-refractivity contribution >= 4 is 0 Å². The molecule has 0 aromatic heterocycles. The van der Waals surface area contributed by atoms with Gasteiger partial charge in [-0.3, -0.25) is 0 Å². The minimum atomic E-state index is -1.63. The van der Waals surface area contributed by atoms with Crippen molar-refractivity contribution in [1.29, 1.82) is 0 Å². The number of phenols is 1. The molecule has 0 spiro atoms. The van der Waals surface area contributed by atoms with E-state index < -0.39 is 56.1 Å². The van der Waals surface area contributed by atoms with Gasteiger partial charge in [0.1, 0.15) is 42.4 Å². The van der Waals surface area contributed by atoms with E-state index in [2.05, 4.69) is 0 Å². The molecule has 0 unspecified atom stereocenters. The highest BCUT2D eigenvalue weighted by Crippen LogP contribution is 2.30. The van der Waals surface area contributed by atoms with Crippen LogP contribution >= 0.6 is 0 Å². The first-order chi connectivity index (χ1) is 11.4. The maximum Gasteiger partial charge on any atom is 0.187 e. The Morgan fingerprint density at radius 3 is 2.17 bits per heavy atom. The molecular formula is C15H22O9. The molecule has 1 aliphatic heterocycles. The lowest BCUT2D eigenvalue weighted by molar-refractivity contribution is -0.319. The van der Waals surface area contributed by atoms with Crippen molar-refractivity contribution in [3.8, 4) is 5.75 Å². The fourth-order valence-corrected chi connectivity index (χ4v) is 2.48. The summed E-state index contributed by atoms with van der Waals surface area (Å²) in [5.74, 6) is -0.0103. The zero-order chi connectivity index (χ0) is 17.9. The zero-order valence-electron chi connectivity index (χ0n) is 12.7. The molecule has 0 aliphatic carbocycles. The summed E-state index contributed by atoms with van der Waals surface area (Å²) in [4.78, 5) is 0. The van der Waals surface area contributed by atoms with Crippen LogP contribution in [0.15, 0.2) is 24.3 Å². The Labute approximate surface area is 137 Å². The quantitative estimate of drug-likeness (QED) is 0.298. The van der Waals surface area contributed by atoms with Gasteiger partial charge in [0.15, 0.2) is 6.29 Å². The molecule has 1 aromatic carbocycles. The Kier molecular flexibility index (Phi) is 6.49. The number of aromatic hydroxyl groups is 1. The molecule has 24 heavy (non-hydrogen) atoms. The van der Waals surface area contributed by atoms with E-state index in [1.54, 1.807) is 0 Å². The Balaban J connectivity index is 2.20. The van der Waals surface area contributed by atoms with Crippen LogP contribution in [0.2, 0.25) is 0 Å². The van der Waals surface area contributed by atoms with Crippen molar-refractivity contribution < 1.29 is 45.2 Å². The lowest BCUT2D eigenvalue weighted by atomic mass is 9.98. The summed E-state index contributed by atoms with van der Waals surface area (Å²) in [5, 5.41) is 67.2. The molecule has 7 atom stereocenters. The van der Waals surface area contributed by atoms with Crippen LogP contribution in [0.5, 0.6) is 5.75 Å². The van der Waals surface area contributed by atoms with Crippen LogP contribution in [0.25, 0.3) is 0 Å². The van der Waals surface area contributed by atoms with Crippen molar-refractivity contribution in [3.05, 3.63) is 29.8 Å². The predicted molar refractivity (Wildman–Crippen MR) is 78.8 cm³/mol. The third-order valence-electron chi connectivity index (χ3n) is 3.89. The molecule has 9 heteroatoms. The van der Waals surface area contributed by atoms with Gasteiger partial charge in [-0.2, -0.15) is 0 Å². The molecule has 9 nitrogen and oxygen atoms in total. The number of hydrogen-bond donors (Lipinski definition) is 7. The van der Waals surface area contributed by atoms with Crippen LogP contribution in [0.4, 0.5) is 0 Å². The molecule has 1 aromatic rings. The van der Waals surface area contributed by atoms with E-state index in [0.29, 0.717) is 5.56 Å². The standard InChI is InChI=1S/C15H22O9/c16-5-9(19)14(7-1-3-8(18)4-2-7)24-15-13(22)12(21)11(20)10(6-17)23-15/h1-4,9-22H,5-6H2/t9-,10+,11+,12+,13+,14+,15-/m0/s1. The van der Waals surface area contributed by atoms with Crippen LogP contribution in [0, 0.1) is 0 Å². The summed E-state index contributed by atoms with van der Waals surface area (Å²) in [6.07, 6.45) is -9.90. The molecular weight excluding hydrogens is 324 g/mol. The molecule has 0 bridgehead atoms. The van der Waals surface area contributed by atoms with E-state index in [1.165, 1.54) is 24.3 Å². The number of aliphatic hydroxyl groups is 6. The summed E-state index contributed by atoms with van der Waals surface area (Å²) in [6, 6.07) is 5.60. The van der Waals surface area contributed by atoms with Crippen LogP contribution < -0.4 is 0 Å². The third-order valence-corrected chi connectivity index (χ3v) is 3.89. The van der Waals surface area contributed by atoms with E-state index >= 15 is 0 Å². The van der Waals surface area contributed by atoms with Crippen molar-refractivity contribution in [2.45, 2.75) is 42.9 Å². The minimum absolute atomic E-state index is 0.0103. The third kappa shape index (κ3) is 4.02. The Bertz CT molecular complexity index is 506. The molecule has 1 heterocycles. The van der Waals surface area contributed by atoms with Gasteiger partial charge < -0.3 is 45.2 Å². The van der Waals surface area contributed by atoms with Gasteiger partial charge in [-0.15, -0.1) is 0 Å². The number of hydrogen-bond acceptors (Lipinski definition) is 9. The zero-order valence-corrected chi connectivity index (χ0v) is 12.7. The number of benzene rings is 1. The van der Waals surface area contributed by atoms with Crippen LogP contribution in [-0.2, 0) is 9.47 Å². The maximum absolute atomic E-state index is 9.99. The topological polar surface area (TPSA) is 160 Å². The van der Waals surface area contributed by atoms with Gasteiger partial charge in [-0.1, -0.05) is 12.1 Å². The monoisotopic (exact) mass is 346 g/mol. The first-order valence-corrected chi connectivity index (χ1v) is 7.42. The Hall–Kier alpha value is -1.30. The Morgan fingerprint density at radius 1 is 1.00 bits per heavy atom. The maximum atomic E-state index is 9.99. The smallest absolute Gasteiger partial charge is 0.187 e. The molecule has 7 N–H and O–H groups in total. The Morgan fingerprint density at radius 2 is 1.62 bits per heavy atom. The minimum Gasteiger partial charge on any atom is -0.508 e. The van der Waals surface area contributed by atoms with Gasteiger partial charge in [0, 0.05) is 0 Å². The average molecular weight is 346 g/mol. The van der Waals surface area contributed by atoms with E-state index in [0.717, 1.165) is 0 Å². The van der Waals surface area contributed by atoms with Crippen LogP contribution in [0.3, 0.4) is 0 Å². The van der Waals surface area contributed by atoms with E-state index in [1.807, 2.05) is 0 Å². The molecule has 136 valence electrons. The number of aliphatic hydroxyl groups excluding tert-OH is 6. The molecule has 1 aliphatic rings. The van der Waals surface area contributed by atoms with E-state index in [9.17, 15) is 30.6 Å². The second kappa shape index (κ2) is 8.19. The van der Waals surface area contributed by atoms with Crippen molar-refractivity contribution in [2.24, 2.45) is 0 Å². The number of phenolic OH excluding ortho intramolecular Hbond substituents is 1. The van der Waals surface area contributed by atoms with Gasteiger partial charge >= 0.3 is 0 Å². The number of ether oxygens (including phenoxy) is 2. The highest BCUT2D eigenvalue weighted by atomic mass is 16.7. The summed E-state index contributed by atoms with van der Waals surface area (Å²) in [7, 11) is 0. The fraction of sp³-hybridized carbons (Fsp3) is 0.600. The van der Waals surface area contributed by atoms with Gasteiger partial charge in [-0.25, -0.2) is 0 Å². The second-order valence-corrected chi connectivity index (χ2v) is 5.60. The normalized spacial score (nSPS) is 33.2. The van der Waals surface area contributed by atoms with Crippen LogP contribution in [-0.4, -0.2) is 85.8 Å². The second-order valence-electron chi connectivity index (χ2n) is 5.60. The van der Waals surface area contributed by atoms with E-state index in [4.69, 9.17) is 14.6 Å². The number of rotatable bonds is 6. The summed E-state index contributed by atoms with van der Waals surface area (Å²) in [6.45, 7) is -1.26. The van der Waals surface area contributed by atoms with Gasteiger partial charge in [0.05, 0.1) is 13.2 Å². The molecule has 0 amide bonds. The molecule has 2 rings (SSSR count). The largest absolute Gasteiger partial charge is 0.508 e. The fourth-order valence-electron chi connectivity index (χ4n) is 2.48. The highest BCUT2D eigenvalue weighted by molar-refractivity contribution is 5.28. The van der Waals surface area contributed by atoms with Gasteiger partial charge in [0.2, 0.25) is 0 Å².